The highest BCUT2D eigenvalue weighted by molar-refractivity contribution is 6.30. The molecule has 0 spiro atoms. The molecule has 1 amide bonds. The van der Waals surface area contributed by atoms with E-state index in [1.807, 2.05) is 6.92 Å². The molecule has 0 saturated heterocycles. The Bertz CT molecular complexity index is 598. The van der Waals surface area contributed by atoms with Gasteiger partial charge in [-0.2, -0.15) is 0 Å². The lowest BCUT2D eigenvalue weighted by Gasteiger charge is -2.10. The second kappa shape index (κ2) is 5.69. The van der Waals surface area contributed by atoms with Crippen LogP contribution in [0.15, 0.2) is 36.5 Å². The van der Waals surface area contributed by atoms with Gasteiger partial charge < -0.3 is 10.7 Å². The average Bonchev–Trinajstić information content (AvgIpc) is 2.41. The van der Waals surface area contributed by atoms with E-state index in [4.69, 9.17) is 17.4 Å². The number of hydrogen-bond donors (Lipinski definition) is 3. The molecule has 4 N–H and O–H groups in total. The van der Waals surface area contributed by atoms with E-state index < -0.39 is 0 Å². The first-order valence-electron chi connectivity index (χ1n) is 5.60. The SMILES string of the molecule is Cc1cc(NN)c(C(=O)Nc2ccc(Cl)cc2)cn1. The molecule has 0 aliphatic rings. The van der Waals surface area contributed by atoms with Crippen molar-refractivity contribution in [3.63, 3.8) is 0 Å². The topological polar surface area (TPSA) is 80.0 Å². The summed E-state index contributed by atoms with van der Waals surface area (Å²) >= 11 is 5.78. The van der Waals surface area contributed by atoms with E-state index in [9.17, 15) is 4.79 Å². The van der Waals surface area contributed by atoms with E-state index in [1.54, 1.807) is 30.3 Å². The quantitative estimate of drug-likeness (QED) is 0.595. The number of carbonyl (C=O) groups excluding carboxylic acids is 1. The largest absolute Gasteiger partial charge is 0.323 e. The monoisotopic (exact) mass is 276 g/mol. The molecule has 2 aromatic rings. The van der Waals surface area contributed by atoms with Crippen molar-refractivity contribution >= 4 is 28.9 Å². The van der Waals surface area contributed by atoms with Crippen LogP contribution in [0.1, 0.15) is 16.1 Å². The zero-order valence-corrected chi connectivity index (χ0v) is 11.0. The van der Waals surface area contributed by atoms with Gasteiger partial charge in [-0.25, -0.2) is 0 Å². The number of anilines is 2. The number of nitrogens with zero attached hydrogens (tertiary/aromatic N) is 1. The van der Waals surface area contributed by atoms with Gasteiger partial charge in [0.2, 0.25) is 0 Å². The third-order valence-electron chi connectivity index (χ3n) is 2.54. The molecule has 1 aromatic heterocycles. The Kier molecular flexibility index (Phi) is 3.99. The Labute approximate surface area is 115 Å². The van der Waals surface area contributed by atoms with Gasteiger partial charge in [-0.05, 0) is 37.3 Å². The molecule has 5 nitrogen and oxygen atoms in total. The number of benzene rings is 1. The Balaban J connectivity index is 2.22. The van der Waals surface area contributed by atoms with E-state index in [0.717, 1.165) is 5.69 Å². The van der Waals surface area contributed by atoms with E-state index in [-0.39, 0.29) is 5.91 Å². The minimum atomic E-state index is -0.289. The summed E-state index contributed by atoms with van der Waals surface area (Å²) in [5, 5.41) is 3.36. The molecule has 19 heavy (non-hydrogen) atoms. The molecule has 2 rings (SSSR count). The number of aryl methyl sites for hydroxylation is 1. The highest BCUT2D eigenvalue weighted by atomic mass is 35.5. The second-order valence-corrected chi connectivity index (χ2v) is 4.41. The van der Waals surface area contributed by atoms with Crippen LogP contribution in [0.4, 0.5) is 11.4 Å². The highest BCUT2D eigenvalue weighted by Gasteiger charge is 2.12. The molecule has 1 aromatic carbocycles. The predicted octanol–water partition coefficient (Wildman–Crippen LogP) is 2.58. The summed E-state index contributed by atoms with van der Waals surface area (Å²) in [5.41, 5.74) is 4.82. The molecule has 1 heterocycles. The summed E-state index contributed by atoms with van der Waals surface area (Å²) in [4.78, 5) is 16.2. The van der Waals surface area contributed by atoms with Crippen molar-refractivity contribution in [2.45, 2.75) is 6.92 Å². The molecule has 0 atom stereocenters. The molecule has 0 unspecified atom stereocenters. The van der Waals surface area contributed by atoms with Gasteiger partial charge in [-0.3, -0.25) is 15.6 Å². The van der Waals surface area contributed by atoms with Crippen LogP contribution in [-0.2, 0) is 0 Å². The van der Waals surface area contributed by atoms with Crippen molar-refractivity contribution in [2.24, 2.45) is 5.84 Å². The van der Waals surface area contributed by atoms with E-state index in [1.165, 1.54) is 6.20 Å². The summed E-state index contributed by atoms with van der Waals surface area (Å²) < 4.78 is 0. The molecule has 0 fully saturated rings. The number of amides is 1. The lowest BCUT2D eigenvalue weighted by atomic mass is 10.2. The molecular formula is C13H13ClN4O. The molecule has 0 bridgehead atoms. The van der Waals surface area contributed by atoms with Crippen molar-refractivity contribution in [1.29, 1.82) is 0 Å². The van der Waals surface area contributed by atoms with Crippen molar-refractivity contribution in [3.8, 4) is 0 Å². The predicted molar refractivity (Wildman–Crippen MR) is 76.2 cm³/mol. The first-order valence-corrected chi connectivity index (χ1v) is 5.98. The smallest absolute Gasteiger partial charge is 0.259 e. The minimum Gasteiger partial charge on any atom is -0.323 e. The fraction of sp³-hybridized carbons (Fsp3) is 0.0769. The van der Waals surface area contributed by atoms with Gasteiger partial charge in [-0.15, -0.1) is 0 Å². The van der Waals surface area contributed by atoms with E-state index in [2.05, 4.69) is 15.7 Å². The lowest BCUT2D eigenvalue weighted by molar-refractivity contribution is 0.102. The fourth-order valence-electron chi connectivity index (χ4n) is 1.59. The summed E-state index contributed by atoms with van der Waals surface area (Å²) in [7, 11) is 0. The minimum absolute atomic E-state index is 0.289. The van der Waals surface area contributed by atoms with Crippen LogP contribution in [0, 0.1) is 6.92 Å². The third kappa shape index (κ3) is 3.21. The highest BCUT2D eigenvalue weighted by Crippen LogP contribution is 2.18. The number of halogens is 1. The van der Waals surface area contributed by atoms with Crippen LogP contribution in [0.2, 0.25) is 5.02 Å². The summed E-state index contributed by atoms with van der Waals surface area (Å²) in [5.74, 6) is 5.11. The number of aromatic nitrogens is 1. The summed E-state index contributed by atoms with van der Waals surface area (Å²) in [6.45, 7) is 1.82. The molecule has 0 radical (unpaired) electrons. The maximum absolute atomic E-state index is 12.1. The van der Waals surface area contributed by atoms with Crippen LogP contribution in [0.3, 0.4) is 0 Å². The number of hydrazine groups is 1. The lowest BCUT2D eigenvalue weighted by Crippen LogP contribution is -2.17. The maximum atomic E-state index is 12.1. The van der Waals surface area contributed by atoms with Gasteiger partial charge in [0, 0.05) is 22.6 Å². The Morgan fingerprint density at radius 2 is 2.00 bits per heavy atom. The average molecular weight is 277 g/mol. The van der Waals surface area contributed by atoms with Gasteiger partial charge in [0.25, 0.3) is 5.91 Å². The number of rotatable bonds is 3. The maximum Gasteiger partial charge on any atom is 0.259 e. The van der Waals surface area contributed by atoms with Crippen LogP contribution in [-0.4, -0.2) is 10.9 Å². The van der Waals surface area contributed by atoms with Gasteiger partial charge >= 0.3 is 0 Å². The zero-order valence-electron chi connectivity index (χ0n) is 10.3. The molecule has 0 aliphatic carbocycles. The van der Waals surface area contributed by atoms with E-state index >= 15 is 0 Å². The number of nitrogens with two attached hydrogens (primary N) is 1. The summed E-state index contributed by atoms with van der Waals surface area (Å²) in [6, 6.07) is 8.55. The number of pyridine rings is 1. The van der Waals surface area contributed by atoms with Crippen molar-refractivity contribution in [2.75, 3.05) is 10.7 Å². The van der Waals surface area contributed by atoms with Gasteiger partial charge in [-0.1, -0.05) is 11.6 Å². The first-order chi connectivity index (χ1) is 9.10. The van der Waals surface area contributed by atoms with Crippen LogP contribution in [0.5, 0.6) is 0 Å². The molecule has 0 aliphatic heterocycles. The zero-order chi connectivity index (χ0) is 13.8. The second-order valence-electron chi connectivity index (χ2n) is 3.98. The third-order valence-corrected chi connectivity index (χ3v) is 2.79. The van der Waals surface area contributed by atoms with Crippen molar-refractivity contribution in [1.82, 2.24) is 4.98 Å². The number of carbonyl (C=O) groups is 1. The fourth-order valence-corrected chi connectivity index (χ4v) is 1.72. The normalized spacial score (nSPS) is 10.1. The standard InChI is InChI=1S/C13H13ClN4O/c1-8-6-12(18-15)11(7-16-8)13(19)17-10-4-2-9(14)3-5-10/h2-7H,15H2,1H3,(H,16,18)(H,17,19). The molecule has 98 valence electrons. The van der Waals surface area contributed by atoms with Gasteiger partial charge in [0.05, 0.1) is 11.3 Å². The van der Waals surface area contributed by atoms with Gasteiger partial charge in [0.1, 0.15) is 0 Å². The van der Waals surface area contributed by atoms with Crippen molar-refractivity contribution < 1.29 is 4.79 Å². The molecular weight excluding hydrogens is 264 g/mol. The van der Waals surface area contributed by atoms with E-state index in [0.29, 0.717) is 22.0 Å². The Morgan fingerprint density at radius 3 is 2.63 bits per heavy atom. The van der Waals surface area contributed by atoms with Crippen LogP contribution in [0.25, 0.3) is 0 Å². The molecule has 6 heteroatoms. The Hall–Kier alpha value is -2.11. The number of nitrogen functional groups attached to an aromatic ring is 1. The Morgan fingerprint density at radius 1 is 1.32 bits per heavy atom. The number of hydrogen-bond acceptors (Lipinski definition) is 4. The van der Waals surface area contributed by atoms with Crippen LogP contribution >= 0.6 is 11.6 Å². The summed E-state index contributed by atoms with van der Waals surface area (Å²) in [6.07, 6.45) is 1.48. The molecule has 0 saturated carbocycles. The number of nitrogens with one attached hydrogen (secondary N) is 2. The van der Waals surface area contributed by atoms with Crippen LogP contribution < -0.4 is 16.6 Å². The first kappa shape index (κ1) is 13.3. The van der Waals surface area contributed by atoms with Gasteiger partial charge in [0.15, 0.2) is 0 Å². The van der Waals surface area contributed by atoms with Crippen molar-refractivity contribution in [3.05, 3.63) is 52.8 Å².